The normalized spacial score (nSPS) is 33.2. The highest BCUT2D eigenvalue weighted by molar-refractivity contribution is 5.86. The Morgan fingerprint density at radius 3 is 2.73 bits per heavy atom. The number of carbonyl (C=O) groups excluding carboxylic acids is 1. The molecule has 0 spiro atoms. The highest BCUT2D eigenvalue weighted by Crippen LogP contribution is 2.35. The minimum Gasteiger partial charge on any atom is -0.298 e. The summed E-state index contributed by atoms with van der Waals surface area (Å²) in [6.07, 6.45) is 4.64. The van der Waals surface area contributed by atoms with Gasteiger partial charge in [0, 0.05) is 13.0 Å². The molecule has 2 nitrogen and oxygen atoms in total. The maximum atomic E-state index is 11.3. The SMILES string of the molecule is CN1CCC(=O)C1CC1CC1. The molecule has 2 fully saturated rings. The minimum absolute atomic E-state index is 0.280. The molecule has 2 rings (SSSR count). The van der Waals surface area contributed by atoms with Crippen LogP contribution < -0.4 is 0 Å². The lowest BCUT2D eigenvalue weighted by Gasteiger charge is -2.16. The second-order valence-electron chi connectivity index (χ2n) is 3.89. The van der Waals surface area contributed by atoms with Crippen molar-refractivity contribution in [3.63, 3.8) is 0 Å². The van der Waals surface area contributed by atoms with Crippen LogP contribution in [-0.2, 0) is 4.79 Å². The summed E-state index contributed by atoms with van der Waals surface area (Å²) in [5, 5.41) is 0. The van der Waals surface area contributed by atoms with Crippen LogP contribution in [0.2, 0.25) is 0 Å². The van der Waals surface area contributed by atoms with Crippen LogP contribution in [0.1, 0.15) is 25.7 Å². The van der Waals surface area contributed by atoms with Gasteiger partial charge in [-0.1, -0.05) is 12.8 Å². The molecule has 1 heterocycles. The van der Waals surface area contributed by atoms with Crippen LogP contribution in [0.5, 0.6) is 0 Å². The third-order valence-corrected chi connectivity index (χ3v) is 2.87. The number of Topliss-reactive ketones (excluding diaryl/α,β-unsaturated/α-hetero) is 1. The van der Waals surface area contributed by atoms with Crippen molar-refractivity contribution in [1.82, 2.24) is 4.90 Å². The first kappa shape index (κ1) is 7.29. The van der Waals surface area contributed by atoms with Crippen molar-refractivity contribution in [2.75, 3.05) is 13.6 Å². The van der Waals surface area contributed by atoms with Crippen molar-refractivity contribution < 1.29 is 4.79 Å². The number of nitrogens with zero attached hydrogens (tertiary/aromatic N) is 1. The summed E-state index contributed by atoms with van der Waals surface area (Å²) in [5.74, 6) is 1.35. The quantitative estimate of drug-likeness (QED) is 0.591. The number of likely N-dealkylation sites (tertiary alicyclic amines) is 1. The first-order chi connectivity index (χ1) is 5.27. The number of likely N-dealkylation sites (N-methyl/N-ethyl adjacent to an activating group) is 1. The average Bonchev–Trinajstić information content (AvgIpc) is 2.73. The van der Waals surface area contributed by atoms with E-state index in [0.29, 0.717) is 5.78 Å². The van der Waals surface area contributed by atoms with Crippen molar-refractivity contribution in [3.05, 3.63) is 0 Å². The molecule has 2 heteroatoms. The summed E-state index contributed by atoms with van der Waals surface area (Å²) < 4.78 is 0. The van der Waals surface area contributed by atoms with Gasteiger partial charge in [-0.3, -0.25) is 9.69 Å². The van der Waals surface area contributed by atoms with Crippen molar-refractivity contribution in [3.8, 4) is 0 Å². The van der Waals surface area contributed by atoms with E-state index < -0.39 is 0 Å². The highest BCUT2D eigenvalue weighted by Gasteiger charge is 2.34. The number of carbonyl (C=O) groups is 1. The summed E-state index contributed by atoms with van der Waals surface area (Å²) in [7, 11) is 2.07. The molecule has 0 aromatic rings. The summed E-state index contributed by atoms with van der Waals surface area (Å²) in [5.41, 5.74) is 0. The Bertz CT molecular complexity index is 174. The monoisotopic (exact) mass is 153 g/mol. The van der Waals surface area contributed by atoms with Gasteiger partial charge < -0.3 is 0 Å². The largest absolute Gasteiger partial charge is 0.298 e. The fourth-order valence-corrected chi connectivity index (χ4v) is 1.84. The van der Waals surface area contributed by atoms with Crippen LogP contribution in [0.3, 0.4) is 0 Å². The third-order valence-electron chi connectivity index (χ3n) is 2.87. The van der Waals surface area contributed by atoms with E-state index in [1.807, 2.05) is 0 Å². The Kier molecular flexibility index (Phi) is 1.72. The van der Waals surface area contributed by atoms with Crippen LogP contribution in [0.25, 0.3) is 0 Å². The molecule has 0 aromatic heterocycles. The summed E-state index contributed by atoms with van der Waals surface area (Å²) in [6.45, 7) is 0.982. The van der Waals surface area contributed by atoms with E-state index in [1.54, 1.807) is 0 Å². The molecule has 11 heavy (non-hydrogen) atoms. The maximum absolute atomic E-state index is 11.3. The van der Waals surface area contributed by atoms with Gasteiger partial charge in [-0.15, -0.1) is 0 Å². The number of rotatable bonds is 2. The molecule has 0 N–H and O–H groups in total. The molecule has 1 saturated heterocycles. The minimum atomic E-state index is 0.280. The molecular weight excluding hydrogens is 138 g/mol. The van der Waals surface area contributed by atoms with Gasteiger partial charge in [0.25, 0.3) is 0 Å². The Balaban J connectivity index is 1.92. The van der Waals surface area contributed by atoms with Gasteiger partial charge in [-0.2, -0.15) is 0 Å². The molecule has 1 unspecified atom stereocenters. The van der Waals surface area contributed by atoms with E-state index >= 15 is 0 Å². The van der Waals surface area contributed by atoms with E-state index in [-0.39, 0.29) is 6.04 Å². The number of hydrogen-bond donors (Lipinski definition) is 0. The highest BCUT2D eigenvalue weighted by atomic mass is 16.1. The van der Waals surface area contributed by atoms with Gasteiger partial charge in [0.05, 0.1) is 6.04 Å². The third kappa shape index (κ3) is 1.45. The predicted molar refractivity (Wildman–Crippen MR) is 43.4 cm³/mol. The van der Waals surface area contributed by atoms with E-state index in [4.69, 9.17) is 0 Å². The second-order valence-corrected chi connectivity index (χ2v) is 3.89. The Morgan fingerprint density at radius 1 is 1.55 bits per heavy atom. The molecule has 1 aliphatic carbocycles. The van der Waals surface area contributed by atoms with Gasteiger partial charge >= 0.3 is 0 Å². The van der Waals surface area contributed by atoms with Crippen LogP contribution in [0.4, 0.5) is 0 Å². The smallest absolute Gasteiger partial charge is 0.151 e. The van der Waals surface area contributed by atoms with Crippen LogP contribution in [-0.4, -0.2) is 30.3 Å². The molecule has 0 amide bonds. The van der Waals surface area contributed by atoms with Gasteiger partial charge in [0.1, 0.15) is 0 Å². The lowest BCUT2D eigenvalue weighted by atomic mass is 10.1. The van der Waals surface area contributed by atoms with E-state index in [2.05, 4.69) is 11.9 Å². The first-order valence-electron chi connectivity index (χ1n) is 4.50. The van der Waals surface area contributed by atoms with Gasteiger partial charge in [-0.05, 0) is 19.4 Å². The topological polar surface area (TPSA) is 20.3 Å². The number of ketones is 1. The van der Waals surface area contributed by atoms with Crippen molar-refractivity contribution in [2.24, 2.45) is 5.92 Å². The van der Waals surface area contributed by atoms with E-state index in [0.717, 1.165) is 25.3 Å². The molecule has 1 aliphatic heterocycles. The standard InChI is InChI=1S/C9H15NO/c1-10-5-4-9(11)8(10)6-7-2-3-7/h7-8H,2-6H2,1H3. The van der Waals surface area contributed by atoms with E-state index in [1.165, 1.54) is 12.8 Å². The molecular formula is C9H15NO. The zero-order valence-corrected chi connectivity index (χ0v) is 7.05. The fourth-order valence-electron chi connectivity index (χ4n) is 1.84. The van der Waals surface area contributed by atoms with Crippen LogP contribution >= 0.6 is 0 Å². The molecule has 2 aliphatic rings. The Morgan fingerprint density at radius 2 is 2.27 bits per heavy atom. The van der Waals surface area contributed by atoms with Crippen LogP contribution in [0.15, 0.2) is 0 Å². The maximum Gasteiger partial charge on any atom is 0.151 e. The zero-order valence-electron chi connectivity index (χ0n) is 7.05. The van der Waals surface area contributed by atoms with Crippen LogP contribution in [0, 0.1) is 5.92 Å². The van der Waals surface area contributed by atoms with Crippen molar-refractivity contribution in [2.45, 2.75) is 31.7 Å². The average molecular weight is 153 g/mol. The zero-order chi connectivity index (χ0) is 7.84. The fraction of sp³-hybridized carbons (Fsp3) is 0.889. The first-order valence-corrected chi connectivity index (χ1v) is 4.50. The summed E-state index contributed by atoms with van der Waals surface area (Å²) in [4.78, 5) is 13.5. The summed E-state index contributed by atoms with van der Waals surface area (Å²) in [6, 6.07) is 0.280. The molecule has 0 radical (unpaired) electrons. The molecule has 62 valence electrons. The lowest BCUT2D eigenvalue weighted by molar-refractivity contribution is -0.120. The van der Waals surface area contributed by atoms with Gasteiger partial charge in [0.15, 0.2) is 5.78 Å². The lowest BCUT2D eigenvalue weighted by Crippen LogP contribution is -2.29. The second kappa shape index (κ2) is 2.59. The van der Waals surface area contributed by atoms with Crippen molar-refractivity contribution >= 4 is 5.78 Å². The Hall–Kier alpha value is -0.370. The molecule has 0 aromatic carbocycles. The number of hydrogen-bond acceptors (Lipinski definition) is 2. The Labute approximate surface area is 67.6 Å². The molecule has 1 saturated carbocycles. The predicted octanol–water partition coefficient (Wildman–Crippen LogP) is 1.06. The summed E-state index contributed by atoms with van der Waals surface area (Å²) >= 11 is 0. The molecule has 1 atom stereocenters. The van der Waals surface area contributed by atoms with Gasteiger partial charge in [0.2, 0.25) is 0 Å². The van der Waals surface area contributed by atoms with E-state index in [9.17, 15) is 4.79 Å². The van der Waals surface area contributed by atoms with Gasteiger partial charge in [-0.25, -0.2) is 0 Å². The van der Waals surface area contributed by atoms with Crippen molar-refractivity contribution in [1.29, 1.82) is 0 Å². The molecule has 0 bridgehead atoms.